The largest absolute Gasteiger partial charge is 0.484 e. The van der Waals surface area contributed by atoms with E-state index in [2.05, 4.69) is 17.1 Å². The van der Waals surface area contributed by atoms with Crippen LogP contribution in [-0.2, 0) is 4.79 Å². The fourth-order valence-electron chi connectivity index (χ4n) is 2.97. The molecule has 122 valence electrons. The van der Waals surface area contributed by atoms with Gasteiger partial charge < -0.3 is 14.1 Å². The Hall–Kier alpha value is -2.37. The molecule has 6 heteroatoms. The summed E-state index contributed by atoms with van der Waals surface area (Å²) >= 11 is 0. The van der Waals surface area contributed by atoms with Gasteiger partial charge in [0.2, 0.25) is 12.3 Å². The van der Waals surface area contributed by atoms with E-state index in [0.717, 1.165) is 31.4 Å². The second-order valence-corrected chi connectivity index (χ2v) is 5.70. The Labute approximate surface area is 135 Å². The van der Waals surface area contributed by atoms with Gasteiger partial charge in [-0.05, 0) is 49.9 Å². The predicted molar refractivity (Wildman–Crippen MR) is 84.9 cm³/mol. The van der Waals surface area contributed by atoms with Crippen LogP contribution in [0.5, 0.6) is 5.75 Å². The van der Waals surface area contributed by atoms with Gasteiger partial charge in [0.25, 0.3) is 5.91 Å². The lowest BCUT2D eigenvalue weighted by Crippen LogP contribution is -2.45. The van der Waals surface area contributed by atoms with Crippen molar-refractivity contribution in [3.05, 3.63) is 30.7 Å². The number of aromatic nitrogens is 2. The molecule has 0 aliphatic carbocycles. The highest BCUT2D eigenvalue weighted by Gasteiger charge is 2.25. The zero-order valence-electron chi connectivity index (χ0n) is 13.3. The van der Waals surface area contributed by atoms with Crippen LogP contribution in [0.3, 0.4) is 0 Å². The zero-order chi connectivity index (χ0) is 16.1. The lowest BCUT2D eigenvalue weighted by molar-refractivity contribution is -0.137. The molecule has 1 saturated heterocycles. The molecule has 1 amide bonds. The van der Waals surface area contributed by atoms with Crippen molar-refractivity contribution in [1.82, 2.24) is 15.1 Å². The van der Waals surface area contributed by atoms with Crippen LogP contribution in [0.25, 0.3) is 11.5 Å². The quantitative estimate of drug-likeness (QED) is 0.848. The summed E-state index contributed by atoms with van der Waals surface area (Å²) in [6.07, 6.45) is 5.69. The number of piperidine rings is 1. The highest BCUT2D eigenvalue weighted by molar-refractivity contribution is 5.78. The maximum Gasteiger partial charge on any atom is 0.260 e. The maximum absolute atomic E-state index is 12.4. The molecule has 0 unspecified atom stereocenters. The molecule has 1 fully saturated rings. The second-order valence-electron chi connectivity index (χ2n) is 5.70. The Bertz CT molecular complexity index is 625. The van der Waals surface area contributed by atoms with Crippen molar-refractivity contribution in [2.45, 2.75) is 38.6 Å². The Morgan fingerprint density at radius 3 is 2.87 bits per heavy atom. The molecule has 3 rings (SSSR count). The molecular weight excluding hydrogens is 294 g/mol. The minimum Gasteiger partial charge on any atom is -0.484 e. The summed E-state index contributed by atoms with van der Waals surface area (Å²) in [7, 11) is 0. The Kier molecular flexibility index (Phi) is 4.90. The smallest absolute Gasteiger partial charge is 0.260 e. The van der Waals surface area contributed by atoms with E-state index in [0.29, 0.717) is 17.7 Å². The maximum atomic E-state index is 12.4. The van der Waals surface area contributed by atoms with E-state index in [-0.39, 0.29) is 12.5 Å². The van der Waals surface area contributed by atoms with Crippen molar-refractivity contribution >= 4 is 5.91 Å². The molecule has 2 aromatic rings. The first-order valence-electron chi connectivity index (χ1n) is 8.07. The number of likely N-dealkylation sites (tertiary alicyclic amines) is 1. The van der Waals surface area contributed by atoms with E-state index >= 15 is 0 Å². The molecule has 6 nitrogen and oxygen atoms in total. The number of carbonyl (C=O) groups is 1. The SMILES string of the molecule is CC[C@H]1CCCCN1C(=O)COc1ccc(-c2nnco2)cc1. The van der Waals surface area contributed by atoms with Crippen LogP contribution in [0.1, 0.15) is 32.6 Å². The fourth-order valence-corrected chi connectivity index (χ4v) is 2.97. The molecule has 0 saturated carbocycles. The standard InChI is InChI=1S/C17H21N3O3/c1-2-14-5-3-4-10-20(14)16(21)11-22-15-8-6-13(7-9-15)17-19-18-12-23-17/h6-9,12,14H,2-5,10-11H2,1H3/t14-/m0/s1. The van der Waals surface area contributed by atoms with Gasteiger partial charge in [-0.2, -0.15) is 0 Å². The third kappa shape index (κ3) is 3.70. The summed E-state index contributed by atoms with van der Waals surface area (Å²) in [6, 6.07) is 7.65. The van der Waals surface area contributed by atoms with Crippen LogP contribution >= 0.6 is 0 Å². The zero-order valence-corrected chi connectivity index (χ0v) is 13.3. The van der Waals surface area contributed by atoms with Gasteiger partial charge in [-0.1, -0.05) is 6.92 Å². The topological polar surface area (TPSA) is 68.5 Å². The highest BCUT2D eigenvalue weighted by atomic mass is 16.5. The normalized spacial score (nSPS) is 18.0. The fraction of sp³-hybridized carbons (Fsp3) is 0.471. The van der Waals surface area contributed by atoms with E-state index in [1.165, 1.54) is 12.8 Å². The van der Waals surface area contributed by atoms with E-state index in [1.54, 1.807) is 12.1 Å². The van der Waals surface area contributed by atoms with Crippen molar-refractivity contribution in [1.29, 1.82) is 0 Å². The number of amides is 1. The summed E-state index contributed by atoms with van der Waals surface area (Å²) in [4.78, 5) is 14.3. The average molecular weight is 315 g/mol. The van der Waals surface area contributed by atoms with Crippen molar-refractivity contribution in [2.24, 2.45) is 0 Å². The van der Waals surface area contributed by atoms with E-state index in [9.17, 15) is 4.79 Å². The van der Waals surface area contributed by atoms with Gasteiger partial charge in [0, 0.05) is 18.2 Å². The van der Waals surface area contributed by atoms with Gasteiger partial charge in [-0.3, -0.25) is 4.79 Å². The first kappa shape index (κ1) is 15.5. The van der Waals surface area contributed by atoms with Crippen LogP contribution in [-0.4, -0.2) is 40.2 Å². The van der Waals surface area contributed by atoms with Crippen LogP contribution in [0, 0.1) is 0 Å². The van der Waals surface area contributed by atoms with Gasteiger partial charge in [-0.25, -0.2) is 0 Å². The second kappa shape index (κ2) is 7.26. The third-order valence-corrected chi connectivity index (χ3v) is 4.24. The molecule has 1 aliphatic heterocycles. The number of hydrogen-bond donors (Lipinski definition) is 0. The molecule has 0 radical (unpaired) electrons. The summed E-state index contributed by atoms with van der Waals surface area (Å²) in [5.41, 5.74) is 0.822. The number of hydrogen-bond acceptors (Lipinski definition) is 5. The first-order chi connectivity index (χ1) is 11.3. The molecule has 1 aromatic carbocycles. The molecule has 1 atom stereocenters. The van der Waals surface area contributed by atoms with Crippen LogP contribution in [0.15, 0.2) is 35.1 Å². The summed E-state index contributed by atoms with van der Waals surface area (Å²) in [5, 5.41) is 7.50. The molecule has 1 aromatic heterocycles. The average Bonchev–Trinajstić information content (AvgIpc) is 3.14. The van der Waals surface area contributed by atoms with Gasteiger partial charge in [0.05, 0.1) is 0 Å². The number of ether oxygens (including phenoxy) is 1. The summed E-state index contributed by atoms with van der Waals surface area (Å²) in [5.74, 6) is 1.19. The lowest BCUT2D eigenvalue weighted by Gasteiger charge is -2.35. The van der Waals surface area contributed by atoms with Crippen molar-refractivity contribution in [3.63, 3.8) is 0 Å². The third-order valence-electron chi connectivity index (χ3n) is 4.24. The summed E-state index contributed by atoms with van der Waals surface area (Å²) < 4.78 is 10.8. The van der Waals surface area contributed by atoms with Gasteiger partial charge >= 0.3 is 0 Å². The molecule has 23 heavy (non-hydrogen) atoms. The van der Waals surface area contributed by atoms with Gasteiger partial charge in [0.15, 0.2) is 6.61 Å². The molecule has 2 heterocycles. The Morgan fingerprint density at radius 2 is 2.17 bits per heavy atom. The molecular formula is C17H21N3O3. The number of rotatable bonds is 5. The van der Waals surface area contributed by atoms with Crippen LogP contribution < -0.4 is 4.74 Å². The lowest BCUT2D eigenvalue weighted by atomic mass is 10.00. The van der Waals surface area contributed by atoms with Crippen molar-refractivity contribution < 1.29 is 13.9 Å². The molecule has 0 N–H and O–H groups in total. The highest BCUT2D eigenvalue weighted by Crippen LogP contribution is 2.22. The molecule has 1 aliphatic rings. The Morgan fingerprint density at radius 1 is 1.35 bits per heavy atom. The number of benzene rings is 1. The minimum absolute atomic E-state index is 0.0672. The summed E-state index contributed by atoms with van der Waals surface area (Å²) in [6.45, 7) is 3.06. The number of carbonyl (C=O) groups excluding carboxylic acids is 1. The van der Waals surface area contributed by atoms with E-state index in [1.807, 2.05) is 17.0 Å². The monoisotopic (exact) mass is 315 g/mol. The van der Waals surface area contributed by atoms with Crippen LogP contribution in [0.4, 0.5) is 0 Å². The minimum atomic E-state index is 0.0672. The van der Waals surface area contributed by atoms with Gasteiger partial charge in [0.1, 0.15) is 5.75 Å². The van der Waals surface area contributed by atoms with Crippen LogP contribution in [0.2, 0.25) is 0 Å². The number of nitrogens with zero attached hydrogens (tertiary/aromatic N) is 3. The van der Waals surface area contributed by atoms with Crippen molar-refractivity contribution in [2.75, 3.05) is 13.2 Å². The van der Waals surface area contributed by atoms with Crippen molar-refractivity contribution in [3.8, 4) is 17.2 Å². The Balaban J connectivity index is 1.56. The van der Waals surface area contributed by atoms with E-state index in [4.69, 9.17) is 9.15 Å². The molecule has 0 bridgehead atoms. The first-order valence-corrected chi connectivity index (χ1v) is 8.07. The predicted octanol–water partition coefficient (Wildman–Crippen LogP) is 2.91. The van der Waals surface area contributed by atoms with Gasteiger partial charge in [-0.15, -0.1) is 10.2 Å². The van der Waals surface area contributed by atoms with E-state index < -0.39 is 0 Å². The molecule has 0 spiro atoms.